The van der Waals surface area contributed by atoms with E-state index in [1.54, 1.807) is 13.3 Å². The van der Waals surface area contributed by atoms with Crippen molar-refractivity contribution in [3.63, 3.8) is 0 Å². The lowest BCUT2D eigenvalue weighted by Gasteiger charge is -2.10. The first-order chi connectivity index (χ1) is 12.2. The highest BCUT2D eigenvalue weighted by molar-refractivity contribution is 6.30. The van der Waals surface area contributed by atoms with Gasteiger partial charge in [0.2, 0.25) is 5.95 Å². The van der Waals surface area contributed by atoms with Crippen molar-refractivity contribution in [1.82, 2.24) is 15.2 Å². The van der Waals surface area contributed by atoms with E-state index in [0.717, 1.165) is 23.7 Å². The molecule has 25 heavy (non-hydrogen) atoms. The number of ether oxygens (including phenoxy) is 1. The van der Waals surface area contributed by atoms with E-state index in [-0.39, 0.29) is 0 Å². The predicted molar refractivity (Wildman–Crippen MR) is 99.7 cm³/mol. The molecule has 2 aromatic carbocycles. The number of anilines is 3. The summed E-state index contributed by atoms with van der Waals surface area (Å²) in [5.41, 5.74) is 1.98. The maximum atomic E-state index is 5.89. The van der Waals surface area contributed by atoms with Crippen molar-refractivity contribution >= 4 is 29.1 Å². The average molecular weight is 356 g/mol. The standard InChI is InChI=1S/C18H18ClN5O/c1-25-16-5-3-2-4-15(16)22-18-23-17(12-21-24-18)20-11-10-13-6-8-14(19)9-7-13/h2-9,12H,10-11H2,1H3,(H2,20,22,23,24). The van der Waals surface area contributed by atoms with E-state index in [2.05, 4.69) is 25.8 Å². The highest BCUT2D eigenvalue weighted by Gasteiger charge is 2.05. The summed E-state index contributed by atoms with van der Waals surface area (Å²) >= 11 is 5.89. The van der Waals surface area contributed by atoms with Gasteiger partial charge in [-0.3, -0.25) is 0 Å². The van der Waals surface area contributed by atoms with Crippen molar-refractivity contribution in [3.05, 3.63) is 65.3 Å². The molecule has 0 fully saturated rings. The van der Waals surface area contributed by atoms with Gasteiger partial charge < -0.3 is 15.4 Å². The van der Waals surface area contributed by atoms with Gasteiger partial charge in [-0.25, -0.2) is 0 Å². The molecule has 1 aromatic heterocycles. The largest absolute Gasteiger partial charge is 0.495 e. The molecule has 3 rings (SSSR count). The highest BCUT2D eigenvalue weighted by Crippen LogP contribution is 2.25. The molecule has 2 N–H and O–H groups in total. The maximum absolute atomic E-state index is 5.89. The van der Waals surface area contributed by atoms with Crippen LogP contribution >= 0.6 is 11.6 Å². The molecule has 0 saturated heterocycles. The number of para-hydroxylation sites is 2. The lowest BCUT2D eigenvalue weighted by molar-refractivity contribution is 0.417. The van der Waals surface area contributed by atoms with E-state index in [1.807, 2.05) is 48.5 Å². The Balaban J connectivity index is 1.60. The van der Waals surface area contributed by atoms with Crippen molar-refractivity contribution in [2.45, 2.75) is 6.42 Å². The monoisotopic (exact) mass is 355 g/mol. The van der Waals surface area contributed by atoms with Crippen LogP contribution in [-0.2, 0) is 6.42 Å². The molecule has 1 heterocycles. The molecule has 0 aliphatic carbocycles. The smallest absolute Gasteiger partial charge is 0.249 e. The second-order valence-electron chi connectivity index (χ2n) is 5.29. The fourth-order valence-electron chi connectivity index (χ4n) is 2.30. The lowest BCUT2D eigenvalue weighted by atomic mass is 10.1. The third-order valence-electron chi connectivity index (χ3n) is 3.55. The van der Waals surface area contributed by atoms with Crippen LogP contribution in [0.15, 0.2) is 54.7 Å². The molecule has 0 saturated carbocycles. The highest BCUT2D eigenvalue weighted by atomic mass is 35.5. The van der Waals surface area contributed by atoms with E-state index in [0.29, 0.717) is 17.5 Å². The van der Waals surface area contributed by atoms with Gasteiger partial charge in [0.05, 0.1) is 19.0 Å². The van der Waals surface area contributed by atoms with Crippen molar-refractivity contribution in [3.8, 4) is 5.75 Å². The minimum Gasteiger partial charge on any atom is -0.495 e. The number of hydrogen-bond acceptors (Lipinski definition) is 6. The number of nitrogens with one attached hydrogen (secondary N) is 2. The van der Waals surface area contributed by atoms with Gasteiger partial charge in [0.15, 0.2) is 5.82 Å². The molecular weight excluding hydrogens is 338 g/mol. The fraction of sp³-hybridized carbons (Fsp3) is 0.167. The van der Waals surface area contributed by atoms with E-state index in [4.69, 9.17) is 16.3 Å². The predicted octanol–water partition coefficient (Wildman–Crippen LogP) is 3.93. The first kappa shape index (κ1) is 17.0. The third kappa shape index (κ3) is 4.81. The summed E-state index contributed by atoms with van der Waals surface area (Å²) in [6, 6.07) is 15.4. The second kappa shape index (κ2) is 8.30. The zero-order valence-corrected chi connectivity index (χ0v) is 14.5. The topological polar surface area (TPSA) is 72.0 Å². The van der Waals surface area contributed by atoms with Gasteiger partial charge in [0.25, 0.3) is 0 Å². The number of aromatic nitrogens is 3. The van der Waals surface area contributed by atoms with Crippen molar-refractivity contribution in [2.24, 2.45) is 0 Å². The van der Waals surface area contributed by atoms with Crippen LogP contribution < -0.4 is 15.4 Å². The van der Waals surface area contributed by atoms with Crippen LogP contribution in [0.1, 0.15) is 5.56 Å². The molecule has 6 nitrogen and oxygen atoms in total. The zero-order chi connectivity index (χ0) is 17.5. The van der Waals surface area contributed by atoms with Crippen LogP contribution in [0.3, 0.4) is 0 Å². The van der Waals surface area contributed by atoms with Crippen molar-refractivity contribution in [2.75, 3.05) is 24.3 Å². The molecular formula is C18H18ClN5O. The summed E-state index contributed by atoms with van der Waals surface area (Å²) in [6.45, 7) is 0.731. The van der Waals surface area contributed by atoms with E-state index >= 15 is 0 Å². The fourth-order valence-corrected chi connectivity index (χ4v) is 2.42. The van der Waals surface area contributed by atoms with Gasteiger partial charge in [0.1, 0.15) is 5.75 Å². The molecule has 7 heteroatoms. The van der Waals surface area contributed by atoms with Crippen LogP contribution in [0.4, 0.5) is 17.5 Å². The molecule has 0 atom stereocenters. The summed E-state index contributed by atoms with van der Waals surface area (Å²) in [6.07, 6.45) is 2.45. The van der Waals surface area contributed by atoms with Gasteiger partial charge in [0, 0.05) is 11.6 Å². The van der Waals surface area contributed by atoms with Gasteiger partial charge in [-0.05, 0) is 36.2 Å². The molecule has 0 radical (unpaired) electrons. The summed E-state index contributed by atoms with van der Waals surface area (Å²) in [5.74, 6) is 1.77. The van der Waals surface area contributed by atoms with Crippen LogP contribution in [0, 0.1) is 0 Å². The molecule has 0 aliphatic rings. The third-order valence-corrected chi connectivity index (χ3v) is 3.80. The molecule has 0 aliphatic heterocycles. The Labute approximate surface area is 151 Å². The number of rotatable bonds is 7. The average Bonchev–Trinajstić information content (AvgIpc) is 2.64. The SMILES string of the molecule is COc1ccccc1Nc1nncc(NCCc2ccc(Cl)cc2)n1. The number of halogens is 1. The normalized spacial score (nSPS) is 10.3. The minimum absolute atomic E-state index is 0.404. The Morgan fingerprint density at radius 2 is 1.88 bits per heavy atom. The van der Waals surface area contributed by atoms with Crippen LogP contribution in [0.2, 0.25) is 5.02 Å². The van der Waals surface area contributed by atoms with Crippen LogP contribution in [0.25, 0.3) is 0 Å². The number of hydrogen-bond donors (Lipinski definition) is 2. The quantitative estimate of drug-likeness (QED) is 0.669. The lowest BCUT2D eigenvalue weighted by Crippen LogP contribution is -2.09. The van der Waals surface area contributed by atoms with Gasteiger partial charge in [-0.2, -0.15) is 10.1 Å². The number of benzene rings is 2. The van der Waals surface area contributed by atoms with E-state index in [1.165, 1.54) is 5.56 Å². The number of nitrogens with zero attached hydrogens (tertiary/aromatic N) is 3. The van der Waals surface area contributed by atoms with Gasteiger partial charge in [-0.15, -0.1) is 5.10 Å². The molecule has 0 spiro atoms. The Hall–Kier alpha value is -2.86. The Morgan fingerprint density at radius 1 is 1.08 bits per heavy atom. The second-order valence-corrected chi connectivity index (χ2v) is 5.73. The Bertz CT molecular complexity index is 826. The van der Waals surface area contributed by atoms with E-state index < -0.39 is 0 Å². The number of methoxy groups -OCH3 is 1. The summed E-state index contributed by atoms with van der Waals surface area (Å²) in [7, 11) is 1.62. The summed E-state index contributed by atoms with van der Waals surface area (Å²) in [5, 5.41) is 15.1. The molecule has 0 unspecified atom stereocenters. The van der Waals surface area contributed by atoms with Gasteiger partial charge >= 0.3 is 0 Å². The van der Waals surface area contributed by atoms with Crippen molar-refractivity contribution < 1.29 is 4.74 Å². The molecule has 3 aromatic rings. The zero-order valence-electron chi connectivity index (χ0n) is 13.7. The van der Waals surface area contributed by atoms with Crippen molar-refractivity contribution in [1.29, 1.82) is 0 Å². The molecule has 128 valence electrons. The molecule has 0 bridgehead atoms. The Morgan fingerprint density at radius 3 is 2.68 bits per heavy atom. The first-order valence-electron chi connectivity index (χ1n) is 7.82. The first-order valence-corrected chi connectivity index (χ1v) is 8.20. The van der Waals surface area contributed by atoms with Gasteiger partial charge in [-0.1, -0.05) is 35.9 Å². The van der Waals surface area contributed by atoms with Crippen LogP contribution in [-0.4, -0.2) is 28.8 Å². The van der Waals surface area contributed by atoms with Crippen LogP contribution in [0.5, 0.6) is 5.75 Å². The minimum atomic E-state index is 0.404. The maximum Gasteiger partial charge on any atom is 0.249 e. The van der Waals surface area contributed by atoms with E-state index in [9.17, 15) is 0 Å². The summed E-state index contributed by atoms with van der Waals surface area (Å²) in [4.78, 5) is 4.42. The summed E-state index contributed by atoms with van der Waals surface area (Å²) < 4.78 is 5.31. The Kier molecular flexibility index (Phi) is 5.64. The molecule has 0 amide bonds.